The number of fused-ring (bicyclic) bond motifs is 1. The van der Waals surface area contributed by atoms with Crippen molar-refractivity contribution in [3.63, 3.8) is 0 Å². The molecule has 0 bridgehead atoms. The van der Waals surface area contributed by atoms with Crippen LogP contribution in [0.15, 0.2) is 57.0 Å². The Bertz CT molecular complexity index is 795. The Hall–Kier alpha value is -1.53. The molecule has 0 N–H and O–H groups in total. The van der Waals surface area contributed by atoms with Crippen molar-refractivity contribution in [1.82, 2.24) is 9.97 Å². The zero-order chi connectivity index (χ0) is 14.1. The highest BCUT2D eigenvalue weighted by Crippen LogP contribution is 2.32. The van der Waals surface area contributed by atoms with Crippen molar-refractivity contribution < 1.29 is 8.78 Å². The molecule has 0 aliphatic rings. The lowest BCUT2D eigenvalue weighted by atomic mass is 10.3. The summed E-state index contributed by atoms with van der Waals surface area (Å²) in [6, 6.07) is 7.48. The SMILES string of the molecule is Fc1ccc(Sc2ccnc3cc(Br)cnc23)cc1F. The van der Waals surface area contributed by atoms with Gasteiger partial charge in [0.1, 0.15) is 5.52 Å². The third kappa shape index (κ3) is 2.66. The highest BCUT2D eigenvalue weighted by Gasteiger charge is 2.08. The molecule has 0 fully saturated rings. The van der Waals surface area contributed by atoms with Crippen molar-refractivity contribution in [3.05, 3.63) is 58.8 Å². The van der Waals surface area contributed by atoms with Gasteiger partial charge in [0.05, 0.1) is 5.52 Å². The third-order valence-electron chi connectivity index (χ3n) is 2.63. The van der Waals surface area contributed by atoms with E-state index in [0.29, 0.717) is 4.90 Å². The quantitative estimate of drug-likeness (QED) is 0.661. The molecule has 0 unspecified atom stereocenters. The van der Waals surface area contributed by atoms with Gasteiger partial charge in [-0.3, -0.25) is 9.97 Å². The topological polar surface area (TPSA) is 25.8 Å². The second-order valence-corrected chi connectivity index (χ2v) is 6.04. The smallest absolute Gasteiger partial charge is 0.159 e. The number of rotatable bonds is 2. The minimum Gasteiger partial charge on any atom is -0.254 e. The van der Waals surface area contributed by atoms with Gasteiger partial charge in [0.15, 0.2) is 11.6 Å². The lowest BCUT2D eigenvalue weighted by Gasteiger charge is -2.05. The van der Waals surface area contributed by atoms with E-state index in [9.17, 15) is 8.78 Å². The van der Waals surface area contributed by atoms with Crippen molar-refractivity contribution in [2.24, 2.45) is 0 Å². The molecular weight excluding hydrogens is 346 g/mol. The van der Waals surface area contributed by atoms with Crippen LogP contribution in [0.5, 0.6) is 0 Å². The van der Waals surface area contributed by atoms with Gasteiger partial charge in [-0.05, 0) is 46.3 Å². The van der Waals surface area contributed by atoms with Gasteiger partial charge >= 0.3 is 0 Å². The fraction of sp³-hybridized carbons (Fsp3) is 0. The highest BCUT2D eigenvalue weighted by atomic mass is 79.9. The van der Waals surface area contributed by atoms with Gasteiger partial charge in [-0.2, -0.15) is 0 Å². The molecule has 0 saturated carbocycles. The summed E-state index contributed by atoms with van der Waals surface area (Å²) in [5, 5.41) is 0. The fourth-order valence-electron chi connectivity index (χ4n) is 1.73. The number of hydrogen-bond acceptors (Lipinski definition) is 3. The van der Waals surface area contributed by atoms with Crippen LogP contribution in [0.2, 0.25) is 0 Å². The van der Waals surface area contributed by atoms with Gasteiger partial charge in [0.2, 0.25) is 0 Å². The first kappa shape index (κ1) is 13.5. The zero-order valence-electron chi connectivity index (χ0n) is 9.98. The zero-order valence-corrected chi connectivity index (χ0v) is 12.4. The molecule has 0 radical (unpaired) electrons. The van der Waals surface area contributed by atoms with Crippen molar-refractivity contribution >= 4 is 38.7 Å². The van der Waals surface area contributed by atoms with Gasteiger partial charge < -0.3 is 0 Å². The number of aromatic nitrogens is 2. The Morgan fingerprint density at radius 3 is 2.65 bits per heavy atom. The molecule has 0 aliphatic heterocycles. The highest BCUT2D eigenvalue weighted by molar-refractivity contribution is 9.10. The Morgan fingerprint density at radius 2 is 1.85 bits per heavy atom. The van der Waals surface area contributed by atoms with Crippen molar-refractivity contribution in [3.8, 4) is 0 Å². The number of benzene rings is 1. The Kier molecular flexibility index (Phi) is 3.67. The van der Waals surface area contributed by atoms with Crippen LogP contribution in [-0.2, 0) is 0 Å². The van der Waals surface area contributed by atoms with E-state index in [4.69, 9.17) is 0 Å². The lowest BCUT2D eigenvalue weighted by molar-refractivity contribution is 0.506. The second-order valence-electron chi connectivity index (χ2n) is 4.01. The van der Waals surface area contributed by atoms with Gasteiger partial charge in [-0.15, -0.1) is 0 Å². The average molecular weight is 353 g/mol. The van der Waals surface area contributed by atoms with Crippen LogP contribution < -0.4 is 0 Å². The fourth-order valence-corrected chi connectivity index (χ4v) is 2.99. The molecule has 1 aromatic carbocycles. The first-order chi connectivity index (χ1) is 9.63. The predicted molar refractivity (Wildman–Crippen MR) is 77.7 cm³/mol. The summed E-state index contributed by atoms with van der Waals surface area (Å²) in [5.74, 6) is -1.71. The summed E-state index contributed by atoms with van der Waals surface area (Å²) in [5.41, 5.74) is 1.47. The molecule has 2 heterocycles. The molecule has 20 heavy (non-hydrogen) atoms. The molecule has 6 heteroatoms. The van der Waals surface area contributed by atoms with E-state index in [0.717, 1.165) is 26.5 Å². The molecule has 3 rings (SSSR count). The maximum Gasteiger partial charge on any atom is 0.159 e. The summed E-state index contributed by atoms with van der Waals surface area (Å²) in [7, 11) is 0. The number of halogens is 3. The summed E-state index contributed by atoms with van der Waals surface area (Å²) < 4.78 is 27.0. The molecule has 0 atom stereocenters. The number of pyridine rings is 2. The molecule has 3 aromatic rings. The molecule has 2 aromatic heterocycles. The van der Waals surface area contributed by atoms with E-state index in [2.05, 4.69) is 25.9 Å². The maximum atomic E-state index is 13.2. The van der Waals surface area contributed by atoms with E-state index in [-0.39, 0.29) is 0 Å². The van der Waals surface area contributed by atoms with Crippen molar-refractivity contribution in [2.75, 3.05) is 0 Å². The second kappa shape index (κ2) is 5.46. The third-order valence-corrected chi connectivity index (χ3v) is 4.10. The Morgan fingerprint density at radius 1 is 1.00 bits per heavy atom. The van der Waals surface area contributed by atoms with E-state index in [1.54, 1.807) is 18.5 Å². The van der Waals surface area contributed by atoms with Crippen LogP contribution >= 0.6 is 27.7 Å². The van der Waals surface area contributed by atoms with Gasteiger partial charge in [0.25, 0.3) is 0 Å². The van der Waals surface area contributed by atoms with Crippen LogP contribution in [-0.4, -0.2) is 9.97 Å². The summed E-state index contributed by atoms with van der Waals surface area (Å²) in [6.45, 7) is 0. The van der Waals surface area contributed by atoms with Crippen molar-refractivity contribution in [2.45, 2.75) is 9.79 Å². The molecule has 2 nitrogen and oxygen atoms in total. The van der Waals surface area contributed by atoms with Crippen LogP contribution in [0.25, 0.3) is 11.0 Å². The minimum absolute atomic E-state index is 0.612. The van der Waals surface area contributed by atoms with E-state index < -0.39 is 11.6 Å². The van der Waals surface area contributed by atoms with E-state index >= 15 is 0 Å². The van der Waals surface area contributed by atoms with Gasteiger partial charge in [0, 0.05) is 26.7 Å². The monoisotopic (exact) mass is 352 g/mol. The maximum absolute atomic E-state index is 13.2. The van der Waals surface area contributed by atoms with Crippen LogP contribution in [0.1, 0.15) is 0 Å². The van der Waals surface area contributed by atoms with E-state index in [1.807, 2.05) is 6.07 Å². The molecule has 0 spiro atoms. The summed E-state index contributed by atoms with van der Waals surface area (Å²) in [4.78, 5) is 10.0. The molecular formula is C14H7BrF2N2S. The molecule has 0 amide bonds. The number of nitrogens with zero attached hydrogens (tertiary/aromatic N) is 2. The van der Waals surface area contributed by atoms with Crippen LogP contribution in [0.3, 0.4) is 0 Å². The molecule has 100 valence electrons. The van der Waals surface area contributed by atoms with Gasteiger partial charge in [-0.25, -0.2) is 8.78 Å². The normalized spacial score (nSPS) is 10.9. The van der Waals surface area contributed by atoms with Crippen LogP contribution in [0.4, 0.5) is 8.78 Å². The van der Waals surface area contributed by atoms with Crippen LogP contribution in [0, 0.1) is 11.6 Å². The van der Waals surface area contributed by atoms with Crippen molar-refractivity contribution in [1.29, 1.82) is 0 Å². The van der Waals surface area contributed by atoms with E-state index in [1.165, 1.54) is 23.9 Å². The van der Waals surface area contributed by atoms with Gasteiger partial charge in [-0.1, -0.05) is 11.8 Å². The molecule has 0 aliphatic carbocycles. The Balaban J connectivity index is 2.04. The average Bonchev–Trinajstić information content (AvgIpc) is 2.43. The minimum atomic E-state index is -0.857. The Labute approximate surface area is 126 Å². The first-order valence-electron chi connectivity index (χ1n) is 5.66. The number of hydrogen-bond donors (Lipinski definition) is 0. The summed E-state index contributed by atoms with van der Waals surface area (Å²) >= 11 is 4.66. The first-order valence-corrected chi connectivity index (χ1v) is 7.27. The largest absolute Gasteiger partial charge is 0.254 e. The lowest BCUT2D eigenvalue weighted by Crippen LogP contribution is -1.87. The predicted octanol–water partition coefficient (Wildman–Crippen LogP) is 4.82. The standard InChI is InChI=1S/C14H7BrF2N2S/c15-8-5-12-14(19-7-8)13(3-4-18-12)20-9-1-2-10(16)11(17)6-9/h1-7H. The molecule has 0 saturated heterocycles. The summed E-state index contributed by atoms with van der Waals surface area (Å²) in [6.07, 6.45) is 3.35.